The predicted molar refractivity (Wildman–Crippen MR) is 158 cm³/mol. The van der Waals surface area contributed by atoms with Gasteiger partial charge < -0.3 is 14.2 Å². The van der Waals surface area contributed by atoms with Crippen LogP contribution in [0, 0.1) is 26.7 Å². The van der Waals surface area contributed by atoms with Crippen molar-refractivity contribution in [1.82, 2.24) is 0 Å². The van der Waals surface area contributed by atoms with Crippen molar-refractivity contribution in [2.24, 2.45) is 5.92 Å². The lowest BCUT2D eigenvalue weighted by Crippen LogP contribution is -2.69. The molecule has 0 amide bonds. The number of hydrogen-bond acceptors (Lipinski definition) is 3. The van der Waals surface area contributed by atoms with E-state index in [4.69, 9.17) is 14.2 Å². The first-order chi connectivity index (χ1) is 17.6. The second-order valence-electron chi connectivity index (χ2n) is 10.4. The molecule has 1 aliphatic carbocycles. The molecule has 0 spiro atoms. The van der Waals surface area contributed by atoms with Crippen molar-refractivity contribution in [3.63, 3.8) is 0 Å². The Balaban J connectivity index is 2.25. The van der Waals surface area contributed by atoms with Gasteiger partial charge in [0, 0.05) is 0 Å². The van der Waals surface area contributed by atoms with E-state index < -0.39 is 8.07 Å². The summed E-state index contributed by atoms with van der Waals surface area (Å²) in [5.41, 5.74) is 7.64. The van der Waals surface area contributed by atoms with Crippen LogP contribution in [0.25, 0.3) is 0 Å². The molecular weight excluding hydrogens is 472 g/mol. The molecule has 0 fully saturated rings. The fourth-order valence-electron chi connectivity index (χ4n) is 6.10. The first-order valence-electron chi connectivity index (χ1n) is 13.0. The highest BCUT2D eigenvalue weighted by Gasteiger charge is 2.48. The highest BCUT2D eigenvalue weighted by Crippen LogP contribution is 2.42. The van der Waals surface area contributed by atoms with Crippen molar-refractivity contribution in [3.05, 3.63) is 93.2 Å². The number of hydrogen-bond donors (Lipinski definition) is 0. The molecule has 0 radical (unpaired) electrons. The van der Waals surface area contributed by atoms with Crippen molar-refractivity contribution in [1.29, 1.82) is 0 Å². The zero-order valence-corrected chi connectivity index (χ0v) is 25.0. The van der Waals surface area contributed by atoms with Crippen LogP contribution in [-0.4, -0.2) is 29.4 Å². The third kappa shape index (κ3) is 4.21. The molecule has 3 aromatic carbocycles. The van der Waals surface area contributed by atoms with E-state index in [1.165, 1.54) is 37.5 Å². The molecule has 1 unspecified atom stereocenters. The van der Waals surface area contributed by atoms with Gasteiger partial charge in [-0.25, -0.2) is 0 Å². The maximum absolute atomic E-state index is 5.89. The first kappa shape index (κ1) is 26.8. The van der Waals surface area contributed by atoms with E-state index in [-0.39, 0.29) is 0 Å². The van der Waals surface area contributed by atoms with Crippen LogP contribution in [-0.2, 0) is 0 Å². The summed E-state index contributed by atoms with van der Waals surface area (Å²) < 4.78 is 17.7. The Kier molecular flexibility index (Phi) is 7.43. The van der Waals surface area contributed by atoms with E-state index in [1.807, 2.05) is 0 Å². The van der Waals surface area contributed by atoms with Gasteiger partial charge in [0.15, 0.2) is 8.07 Å². The maximum atomic E-state index is 5.89. The molecular formula is C33H40O3Si. The maximum Gasteiger partial charge on any atom is 0.176 e. The summed E-state index contributed by atoms with van der Waals surface area (Å²) in [6.45, 7) is 15.6. The normalized spacial score (nSPS) is 15.9. The predicted octanol–water partition coefficient (Wildman–Crippen LogP) is 5.95. The van der Waals surface area contributed by atoms with Crippen LogP contribution in [0.5, 0.6) is 17.2 Å². The van der Waals surface area contributed by atoms with E-state index >= 15 is 0 Å². The van der Waals surface area contributed by atoms with Crippen molar-refractivity contribution in [3.8, 4) is 17.2 Å². The van der Waals surface area contributed by atoms with E-state index in [2.05, 4.69) is 103 Å². The van der Waals surface area contributed by atoms with Gasteiger partial charge >= 0.3 is 0 Å². The van der Waals surface area contributed by atoms with Gasteiger partial charge in [-0.15, -0.1) is 0 Å². The lowest BCUT2D eigenvalue weighted by Gasteiger charge is -2.39. The second-order valence-corrected chi connectivity index (χ2v) is 14.1. The van der Waals surface area contributed by atoms with Gasteiger partial charge in [-0.3, -0.25) is 0 Å². The van der Waals surface area contributed by atoms with E-state index in [9.17, 15) is 0 Å². The van der Waals surface area contributed by atoms with Crippen LogP contribution in [0.3, 0.4) is 0 Å². The third-order valence-electron chi connectivity index (χ3n) is 8.57. The Morgan fingerprint density at radius 2 is 0.892 bits per heavy atom. The van der Waals surface area contributed by atoms with Crippen LogP contribution in [0.15, 0.2) is 76.5 Å². The van der Waals surface area contributed by atoms with Gasteiger partial charge in [-0.05, 0) is 103 Å². The van der Waals surface area contributed by atoms with Crippen LogP contribution < -0.4 is 29.8 Å². The third-order valence-corrected chi connectivity index (χ3v) is 13.7. The zero-order valence-electron chi connectivity index (χ0n) is 24.0. The molecule has 0 saturated carbocycles. The lowest BCUT2D eigenvalue weighted by molar-refractivity contribution is 0.412. The average Bonchev–Trinajstić information content (AvgIpc) is 3.09. The zero-order chi connectivity index (χ0) is 27.1. The van der Waals surface area contributed by atoms with Gasteiger partial charge in [-0.2, -0.15) is 0 Å². The van der Waals surface area contributed by atoms with Gasteiger partial charge in [0.25, 0.3) is 0 Å². The Bertz CT molecular complexity index is 1280. The number of rotatable bonds is 7. The largest absolute Gasteiger partial charge is 0.496 e. The SMILES string of the molecule is COc1cc([Si](C2=C(C)C(C)=C(C)C2C)(c2ccc(C)c(OC)c2)c2ccc(C)c(OC)c2)ccc1C. The quantitative estimate of drug-likeness (QED) is 0.289. The Labute approximate surface area is 223 Å². The van der Waals surface area contributed by atoms with Gasteiger partial charge in [0.2, 0.25) is 0 Å². The fourth-order valence-corrected chi connectivity index (χ4v) is 11.7. The summed E-state index contributed by atoms with van der Waals surface area (Å²) in [4.78, 5) is 0. The fraction of sp³-hybridized carbons (Fsp3) is 0.333. The minimum atomic E-state index is -2.81. The molecule has 0 saturated heterocycles. The summed E-state index contributed by atoms with van der Waals surface area (Å²) >= 11 is 0. The highest BCUT2D eigenvalue weighted by atomic mass is 28.3. The summed E-state index contributed by atoms with van der Waals surface area (Å²) in [7, 11) is 2.47. The Morgan fingerprint density at radius 1 is 0.541 bits per heavy atom. The Morgan fingerprint density at radius 3 is 1.16 bits per heavy atom. The van der Waals surface area contributed by atoms with Crippen LogP contribution in [0.4, 0.5) is 0 Å². The highest BCUT2D eigenvalue weighted by molar-refractivity contribution is 7.16. The topological polar surface area (TPSA) is 27.7 Å². The Hall–Kier alpha value is -3.24. The molecule has 194 valence electrons. The molecule has 0 aliphatic heterocycles. The molecule has 1 aliphatic rings. The van der Waals surface area contributed by atoms with Crippen molar-refractivity contribution >= 4 is 23.6 Å². The number of benzene rings is 3. The number of aryl methyl sites for hydroxylation is 3. The summed E-state index contributed by atoms with van der Waals surface area (Å²) in [5.74, 6) is 3.06. The molecule has 0 N–H and O–H groups in total. The first-order valence-corrected chi connectivity index (χ1v) is 15.0. The van der Waals surface area contributed by atoms with Crippen molar-refractivity contribution in [2.75, 3.05) is 21.3 Å². The smallest absolute Gasteiger partial charge is 0.176 e. The molecule has 3 aromatic rings. The van der Waals surface area contributed by atoms with E-state index in [0.29, 0.717) is 5.92 Å². The standard InChI is InChI=1S/C33H40O3Si/c1-20-11-14-27(17-30(20)34-8)37(28-15-12-21(2)31(18-28)35-9,29-16-13-22(3)32(19-29)36-10)33-25(6)23(4)24(5)26(33)7/h11-19,25H,1-10H3. The minimum Gasteiger partial charge on any atom is -0.496 e. The van der Waals surface area contributed by atoms with E-state index in [0.717, 1.165) is 33.9 Å². The monoisotopic (exact) mass is 512 g/mol. The summed E-state index contributed by atoms with van der Waals surface area (Å²) in [5, 5.41) is 5.42. The summed E-state index contributed by atoms with van der Waals surface area (Å²) in [6.07, 6.45) is 0. The van der Waals surface area contributed by atoms with Gasteiger partial charge in [0.1, 0.15) is 17.2 Å². The van der Waals surface area contributed by atoms with Crippen LogP contribution >= 0.6 is 0 Å². The van der Waals surface area contributed by atoms with E-state index in [1.54, 1.807) is 21.3 Å². The molecule has 37 heavy (non-hydrogen) atoms. The number of ether oxygens (including phenoxy) is 3. The molecule has 0 aromatic heterocycles. The lowest BCUT2D eigenvalue weighted by atomic mass is 10.1. The average molecular weight is 513 g/mol. The van der Waals surface area contributed by atoms with Crippen LogP contribution in [0.2, 0.25) is 0 Å². The number of methoxy groups -OCH3 is 3. The van der Waals surface area contributed by atoms with Gasteiger partial charge in [-0.1, -0.05) is 59.7 Å². The van der Waals surface area contributed by atoms with Crippen molar-refractivity contribution in [2.45, 2.75) is 48.5 Å². The number of allylic oxidation sites excluding steroid dienone is 4. The van der Waals surface area contributed by atoms with Gasteiger partial charge in [0.05, 0.1) is 21.3 Å². The molecule has 1 atom stereocenters. The minimum absolute atomic E-state index is 0.318. The summed E-state index contributed by atoms with van der Waals surface area (Å²) in [6, 6.07) is 20.4. The van der Waals surface area contributed by atoms with Crippen LogP contribution in [0.1, 0.15) is 44.4 Å². The second kappa shape index (κ2) is 10.3. The van der Waals surface area contributed by atoms with Crippen molar-refractivity contribution < 1.29 is 14.2 Å². The molecule has 0 bridgehead atoms. The molecule has 4 heteroatoms. The molecule has 4 rings (SSSR count). The molecule has 3 nitrogen and oxygen atoms in total. The molecule has 0 heterocycles.